The molecular weight excluding hydrogens is 345 g/mol. The Morgan fingerprint density at radius 2 is 2.11 bits per heavy atom. The maximum Gasteiger partial charge on any atom is 0.266 e. The molecule has 2 aromatic rings. The van der Waals surface area contributed by atoms with Crippen molar-refractivity contribution in [1.82, 2.24) is 9.97 Å². The first-order valence-corrected chi connectivity index (χ1v) is 6.46. The predicted octanol–water partition coefficient (Wildman–Crippen LogP) is 1.52. The molecule has 0 spiro atoms. The van der Waals surface area contributed by atoms with Gasteiger partial charge in [0.25, 0.3) is 5.56 Å². The summed E-state index contributed by atoms with van der Waals surface area (Å²) in [5.74, 6) is 0.481. The molecule has 0 aliphatic heterocycles. The zero-order valence-electron chi connectivity index (χ0n) is 9.43. The molecule has 0 aliphatic rings. The molecule has 1 aromatic carbocycles. The van der Waals surface area contributed by atoms with Crippen LogP contribution in [0.4, 0.5) is 5.82 Å². The number of nitrogens with one attached hydrogen (secondary N) is 2. The predicted molar refractivity (Wildman–Crippen MR) is 77.5 cm³/mol. The number of halogens is 1. The molecule has 18 heavy (non-hydrogen) atoms. The Morgan fingerprint density at radius 1 is 1.39 bits per heavy atom. The molecule has 0 saturated carbocycles. The van der Waals surface area contributed by atoms with Crippen LogP contribution in [0.5, 0.6) is 0 Å². The number of aromatic nitrogens is 2. The zero-order chi connectivity index (χ0) is 13.0. The fraction of sp³-hybridized carbons (Fsp3) is 0.167. The third kappa shape index (κ3) is 3.08. The summed E-state index contributed by atoms with van der Waals surface area (Å²) in [5.41, 5.74) is 0.632. The van der Waals surface area contributed by atoms with Crippen LogP contribution in [0.25, 0.3) is 0 Å². The van der Waals surface area contributed by atoms with E-state index in [0.29, 0.717) is 15.9 Å². The summed E-state index contributed by atoms with van der Waals surface area (Å²) >= 11 is 1.92. The van der Waals surface area contributed by atoms with E-state index in [1.54, 1.807) is 0 Å². The van der Waals surface area contributed by atoms with Crippen molar-refractivity contribution in [3.8, 4) is 0 Å². The normalized spacial score (nSPS) is 12.1. The Balaban J connectivity index is 2.04. The lowest BCUT2D eigenvalue weighted by Crippen LogP contribution is -2.18. The molecule has 2 rings (SSSR count). The van der Waals surface area contributed by atoms with E-state index < -0.39 is 6.10 Å². The molecule has 0 saturated heterocycles. The van der Waals surface area contributed by atoms with Gasteiger partial charge in [0.05, 0.1) is 12.4 Å². The smallest absolute Gasteiger partial charge is 0.266 e. The maximum atomic E-state index is 11.3. The van der Waals surface area contributed by atoms with Gasteiger partial charge in [-0.25, -0.2) is 4.98 Å². The first kappa shape index (κ1) is 13.0. The molecule has 3 N–H and O–H groups in total. The van der Waals surface area contributed by atoms with Crippen LogP contribution in [0.2, 0.25) is 0 Å². The minimum absolute atomic E-state index is 0.192. The Hall–Kier alpha value is -1.41. The van der Waals surface area contributed by atoms with Gasteiger partial charge in [0.1, 0.15) is 9.39 Å². The van der Waals surface area contributed by atoms with Crippen LogP contribution in [0, 0.1) is 3.57 Å². The summed E-state index contributed by atoms with van der Waals surface area (Å²) in [4.78, 5) is 17.9. The van der Waals surface area contributed by atoms with Crippen LogP contribution in [0.3, 0.4) is 0 Å². The lowest BCUT2D eigenvalue weighted by Gasteiger charge is -2.12. The molecule has 0 fully saturated rings. The largest absolute Gasteiger partial charge is 0.387 e. The van der Waals surface area contributed by atoms with Crippen LogP contribution in [0.15, 0.2) is 41.5 Å². The van der Waals surface area contributed by atoms with E-state index in [-0.39, 0.29) is 5.56 Å². The first-order valence-electron chi connectivity index (χ1n) is 5.38. The summed E-state index contributed by atoms with van der Waals surface area (Å²) in [6.45, 7) is 0.302. The van der Waals surface area contributed by atoms with E-state index in [2.05, 4.69) is 15.3 Å². The number of hydrogen-bond donors (Lipinski definition) is 3. The van der Waals surface area contributed by atoms with Gasteiger partial charge < -0.3 is 15.4 Å². The Bertz CT molecular complexity index is 571. The van der Waals surface area contributed by atoms with Gasteiger partial charge in [0.2, 0.25) is 0 Å². The molecule has 94 valence electrons. The summed E-state index contributed by atoms with van der Waals surface area (Å²) in [7, 11) is 0. The number of aliphatic hydroxyl groups excluding tert-OH is 1. The molecule has 0 amide bonds. The van der Waals surface area contributed by atoms with Crippen molar-refractivity contribution < 1.29 is 5.11 Å². The summed E-state index contributed by atoms with van der Waals surface area (Å²) < 4.78 is 0.482. The number of benzene rings is 1. The SMILES string of the molecule is O=c1[nH]cnc(NCC(O)c2ccccc2)c1I. The Labute approximate surface area is 117 Å². The van der Waals surface area contributed by atoms with E-state index in [9.17, 15) is 9.90 Å². The minimum atomic E-state index is -0.636. The molecule has 1 unspecified atom stereocenters. The summed E-state index contributed by atoms with van der Waals surface area (Å²) in [6.07, 6.45) is 0.699. The molecule has 0 radical (unpaired) electrons. The van der Waals surface area contributed by atoms with E-state index in [1.807, 2.05) is 52.9 Å². The number of hydrogen-bond acceptors (Lipinski definition) is 4. The van der Waals surface area contributed by atoms with Crippen LogP contribution < -0.4 is 10.9 Å². The van der Waals surface area contributed by atoms with E-state index in [1.165, 1.54) is 6.33 Å². The van der Waals surface area contributed by atoms with Crippen LogP contribution in [0.1, 0.15) is 11.7 Å². The lowest BCUT2D eigenvalue weighted by atomic mass is 10.1. The van der Waals surface area contributed by atoms with E-state index in [0.717, 1.165) is 5.56 Å². The lowest BCUT2D eigenvalue weighted by molar-refractivity contribution is 0.191. The summed E-state index contributed by atoms with van der Waals surface area (Å²) in [5, 5.41) is 12.9. The van der Waals surface area contributed by atoms with Gasteiger partial charge >= 0.3 is 0 Å². The molecule has 1 heterocycles. The highest BCUT2D eigenvalue weighted by molar-refractivity contribution is 14.1. The topological polar surface area (TPSA) is 78.0 Å². The quantitative estimate of drug-likeness (QED) is 0.726. The second-order valence-electron chi connectivity index (χ2n) is 3.70. The molecular formula is C12H12IN3O2. The summed E-state index contributed by atoms with van der Waals surface area (Å²) in [6, 6.07) is 9.33. The first-order chi connectivity index (χ1) is 8.68. The van der Waals surface area contributed by atoms with Gasteiger partial charge in [-0.3, -0.25) is 4.79 Å². The third-order valence-corrected chi connectivity index (χ3v) is 3.44. The maximum absolute atomic E-state index is 11.3. The minimum Gasteiger partial charge on any atom is -0.387 e. The number of anilines is 1. The Morgan fingerprint density at radius 3 is 2.83 bits per heavy atom. The number of nitrogens with zero attached hydrogens (tertiary/aromatic N) is 1. The molecule has 1 atom stereocenters. The highest BCUT2D eigenvalue weighted by Gasteiger charge is 2.09. The van der Waals surface area contributed by atoms with Crippen LogP contribution >= 0.6 is 22.6 Å². The molecule has 1 aromatic heterocycles. The van der Waals surface area contributed by atoms with Gasteiger partial charge in [0, 0.05) is 6.54 Å². The number of aliphatic hydroxyl groups is 1. The van der Waals surface area contributed by atoms with Crippen LogP contribution in [-0.4, -0.2) is 21.6 Å². The van der Waals surface area contributed by atoms with Crippen molar-refractivity contribution in [2.24, 2.45) is 0 Å². The zero-order valence-corrected chi connectivity index (χ0v) is 11.6. The average Bonchev–Trinajstić information content (AvgIpc) is 2.41. The highest BCUT2D eigenvalue weighted by atomic mass is 127. The van der Waals surface area contributed by atoms with Gasteiger partial charge in [-0.2, -0.15) is 0 Å². The van der Waals surface area contributed by atoms with Gasteiger partial charge in [-0.1, -0.05) is 30.3 Å². The molecule has 5 nitrogen and oxygen atoms in total. The van der Waals surface area contributed by atoms with Crippen LogP contribution in [-0.2, 0) is 0 Å². The highest BCUT2D eigenvalue weighted by Crippen LogP contribution is 2.14. The second-order valence-corrected chi connectivity index (χ2v) is 4.78. The van der Waals surface area contributed by atoms with Crippen molar-refractivity contribution in [1.29, 1.82) is 0 Å². The van der Waals surface area contributed by atoms with Crippen molar-refractivity contribution in [2.45, 2.75) is 6.10 Å². The molecule has 0 aliphatic carbocycles. The molecule has 0 bridgehead atoms. The van der Waals surface area contributed by atoms with Crippen molar-refractivity contribution in [2.75, 3.05) is 11.9 Å². The van der Waals surface area contributed by atoms with Crippen molar-refractivity contribution >= 4 is 28.4 Å². The fourth-order valence-corrected chi connectivity index (χ4v) is 1.98. The number of H-pyrrole nitrogens is 1. The van der Waals surface area contributed by atoms with Crippen molar-refractivity contribution in [3.05, 3.63) is 56.1 Å². The monoisotopic (exact) mass is 357 g/mol. The standard InChI is InChI=1S/C12H12IN3O2/c13-10-11(15-7-16-12(10)18)14-6-9(17)8-4-2-1-3-5-8/h1-5,7,9,17H,6H2,(H2,14,15,16,18). The average molecular weight is 357 g/mol. The fourth-order valence-electron chi connectivity index (χ4n) is 1.49. The Kier molecular flexibility index (Phi) is 4.32. The van der Waals surface area contributed by atoms with Gasteiger partial charge in [-0.05, 0) is 28.2 Å². The van der Waals surface area contributed by atoms with Gasteiger partial charge in [0.15, 0.2) is 0 Å². The van der Waals surface area contributed by atoms with Gasteiger partial charge in [-0.15, -0.1) is 0 Å². The van der Waals surface area contributed by atoms with E-state index >= 15 is 0 Å². The number of aromatic amines is 1. The van der Waals surface area contributed by atoms with Crippen molar-refractivity contribution in [3.63, 3.8) is 0 Å². The third-order valence-electron chi connectivity index (χ3n) is 2.44. The van der Waals surface area contributed by atoms with E-state index in [4.69, 9.17) is 0 Å². The number of rotatable bonds is 4. The molecule has 6 heteroatoms. The second kappa shape index (κ2) is 5.96.